The van der Waals surface area contributed by atoms with Crippen LogP contribution < -0.4 is 14.4 Å². The van der Waals surface area contributed by atoms with Gasteiger partial charge < -0.3 is 14.4 Å². The minimum atomic E-state index is 0.544. The number of hydrogen-bond acceptors (Lipinski definition) is 4. The van der Waals surface area contributed by atoms with Gasteiger partial charge in [0, 0.05) is 18.8 Å². The molecule has 2 aromatic carbocycles. The molecule has 4 nitrogen and oxygen atoms in total. The van der Waals surface area contributed by atoms with E-state index in [-0.39, 0.29) is 0 Å². The number of methoxy groups -OCH3 is 1. The standard InChI is InChI=1S/C17H18N2O2/c1-19(15-6-4-7-16(12-15)20-2)9-10-21-17-8-3-5-14(11-17)13-18/h3-8,11-12H,9-10H2,1-2H3. The molecule has 4 heteroatoms. The SMILES string of the molecule is COc1cccc(N(C)CCOc2cccc(C#N)c2)c1. The molecule has 0 aromatic heterocycles. The monoisotopic (exact) mass is 282 g/mol. The van der Waals surface area contributed by atoms with Crippen molar-refractivity contribution in [2.45, 2.75) is 0 Å². The highest BCUT2D eigenvalue weighted by molar-refractivity contribution is 5.50. The first-order valence-electron chi connectivity index (χ1n) is 6.71. The van der Waals surface area contributed by atoms with Gasteiger partial charge in [-0.3, -0.25) is 0 Å². The van der Waals surface area contributed by atoms with Crippen LogP contribution in [-0.4, -0.2) is 27.3 Å². The van der Waals surface area contributed by atoms with Crippen molar-refractivity contribution in [1.29, 1.82) is 5.26 Å². The largest absolute Gasteiger partial charge is 0.497 e. The average Bonchev–Trinajstić information content (AvgIpc) is 2.55. The number of hydrogen-bond donors (Lipinski definition) is 0. The maximum absolute atomic E-state index is 8.85. The Labute approximate surface area is 125 Å². The zero-order chi connectivity index (χ0) is 15.1. The molecule has 0 aliphatic rings. The van der Waals surface area contributed by atoms with Crippen LogP contribution >= 0.6 is 0 Å². The highest BCUT2D eigenvalue weighted by Gasteiger charge is 2.03. The van der Waals surface area contributed by atoms with E-state index in [0.717, 1.165) is 18.0 Å². The molecule has 0 amide bonds. The van der Waals surface area contributed by atoms with Gasteiger partial charge in [-0.15, -0.1) is 0 Å². The van der Waals surface area contributed by atoms with Crippen LogP contribution in [0.2, 0.25) is 0 Å². The van der Waals surface area contributed by atoms with Crippen molar-refractivity contribution >= 4 is 5.69 Å². The van der Waals surface area contributed by atoms with E-state index in [1.165, 1.54) is 0 Å². The van der Waals surface area contributed by atoms with Crippen molar-refractivity contribution in [2.75, 3.05) is 32.2 Å². The third kappa shape index (κ3) is 4.15. The second-order valence-corrected chi connectivity index (χ2v) is 4.61. The molecule has 0 spiro atoms. The molecular weight excluding hydrogens is 264 g/mol. The highest BCUT2D eigenvalue weighted by Crippen LogP contribution is 2.19. The lowest BCUT2D eigenvalue weighted by Gasteiger charge is -2.20. The van der Waals surface area contributed by atoms with Crippen LogP contribution in [0.15, 0.2) is 48.5 Å². The van der Waals surface area contributed by atoms with Crippen LogP contribution in [0.25, 0.3) is 0 Å². The first kappa shape index (κ1) is 14.7. The molecule has 0 radical (unpaired) electrons. The van der Waals surface area contributed by atoms with E-state index in [2.05, 4.69) is 11.0 Å². The van der Waals surface area contributed by atoms with Crippen LogP contribution in [0, 0.1) is 11.3 Å². The molecule has 2 rings (SSSR count). The van der Waals surface area contributed by atoms with E-state index in [4.69, 9.17) is 14.7 Å². The molecule has 0 aliphatic carbocycles. The Hall–Kier alpha value is -2.67. The van der Waals surface area contributed by atoms with Gasteiger partial charge in [-0.05, 0) is 30.3 Å². The molecule has 108 valence electrons. The predicted molar refractivity (Wildman–Crippen MR) is 82.9 cm³/mol. The van der Waals surface area contributed by atoms with E-state index in [0.29, 0.717) is 17.9 Å². The fourth-order valence-electron chi connectivity index (χ4n) is 1.93. The Kier molecular flexibility index (Phi) is 5.05. The van der Waals surface area contributed by atoms with Gasteiger partial charge in [0.25, 0.3) is 0 Å². The quantitative estimate of drug-likeness (QED) is 0.816. The molecule has 0 heterocycles. The lowest BCUT2D eigenvalue weighted by Crippen LogP contribution is -2.23. The van der Waals surface area contributed by atoms with Crippen molar-refractivity contribution in [3.63, 3.8) is 0 Å². The minimum Gasteiger partial charge on any atom is -0.497 e. The number of benzene rings is 2. The molecule has 2 aromatic rings. The van der Waals surface area contributed by atoms with Crippen LogP contribution in [0.4, 0.5) is 5.69 Å². The molecule has 21 heavy (non-hydrogen) atoms. The van der Waals surface area contributed by atoms with Gasteiger partial charge in [0.2, 0.25) is 0 Å². The van der Waals surface area contributed by atoms with Crippen LogP contribution in [0.5, 0.6) is 11.5 Å². The molecule has 0 unspecified atom stereocenters. The van der Waals surface area contributed by atoms with Crippen molar-refractivity contribution < 1.29 is 9.47 Å². The molecule has 0 saturated heterocycles. The van der Waals surface area contributed by atoms with Gasteiger partial charge in [0.1, 0.15) is 18.1 Å². The Morgan fingerprint density at radius 3 is 2.62 bits per heavy atom. The van der Waals surface area contributed by atoms with Gasteiger partial charge in [-0.25, -0.2) is 0 Å². The zero-order valence-corrected chi connectivity index (χ0v) is 12.2. The summed E-state index contributed by atoms with van der Waals surface area (Å²) >= 11 is 0. The van der Waals surface area contributed by atoms with E-state index in [1.54, 1.807) is 19.2 Å². The van der Waals surface area contributed by atoms with Crippen LogP contribution in [0.1, 0.15) is 5.56 Å². The highest BCUT2D eigenvalue weighted by atomic mass is 16.5. The summed E-state index contributed by atoms with van der Waals surface area (Å²) in [4.78, 5) is 2.09. The summed E-state index contributed by atoms with van der Waals surface area (Å²) in [5.41, 5.74) is 1.68. The van der Waals surface area contributed by atoms with Crippen LogP contribution in [-0.2, 0) is 0 Å². The first-order valence-corrected chi connectivity index (χ1v) is 6.71. The van der Waals surface area contributed by atoms with Gasteiger partial charge in [-0.1, -0.05) is 12.1 Å². The summed E-state index contributed by atoms with van der Waals surface area (Å²) in [5.74, 6) is 1.55. The summed E-state index contributed by atoms with van der Waals surface area (Å²) in [6, 6.07) is 17.2. The molecule has 0 aliphatic heterocycles. The second-order valence-electron chi connectivity index (χ2n) is 4.61. The van der Waals surface area contributed by atoms with E-state index in [9.17, 15) is 0 Å². The van der Waals surface area contributed by atoms with Gasteiger partial charge in [0.15, 0.2) is 0 Å². The predicted octanol–water partition coefficient (Wildman–Crippen LogP) is 3.08. The second kappa shape index (κ2) is 7.20. The van der Waals surface area contributed by atoms with E-state index >= 15 is 0 Å². The lowest BCUT2D eigenvalue weighted by molar-refractivity contribution is 0.326. The summed E-state index contributed by atoms with van der Waals surface area (Å²) in [5, 5.41) is 8.85. The van der Waals surface area contributed by atoms with Crippen molar-refractivity contribution in [3.8, 4) is 17.6 Å². The number of anilines is 1. The Balaban J connectivity index is 1.89. The van der Waals surface area contributed by atoms with Crippen molar-refractivity contribution in [2.24, 2.45) is 0 Å². The third-order valence-corrected chi connectivity index (χ3v) is 3.15. The first-order chi connectivity index (χ1) is 10.2. The fraction of sp³-hybridized carbons (Fsp3) is 0.235. The Morgan fingerprint density at radius 2 is 1.86 bits per heavy atom. The molecule has 0 saturated carbocycles. The minimum absolute atomic E-state index is 0.544. The van der Waals surface area contributed by atoms with E-state index < -0.39 is 0 Å². The van der Waals surface area contributed by atoms with Crippen molar-refractivity contribution in [1.82, 2.24) is 0 Å². The van der Waals surface area contributed by atoms with Gasteiger partial charge in [-0.2, -0.15) is 5.26 Å². The van der Waals surface area contributed by atoms with Gasteiger partial charge >= 0.3 is 0 Å². The molecular formula is C17H18N2O2. The average molecular weight is 282 g/mol. The molecule has 0 fully saturated rings. The number of rotatable bonds is 6. The molecule has 0 bridgehead atoms. The maximum Gasteiger partial charge on any atom is 0.120 e. The lowest BCUT2D eigenvalue weighted by atomic mass is 10.2. The van der Waals surface area contributed by atoms with E-state index in [1.807, 2.05) is 43.4 Å². The van der Waals surface area contributed by atoms with Crippen LogP contribution in [0.3, 0.4) is 0 Å². The van der Waals surface area contributed by atoms with Crippen molar-refractivity contribution in [3.05, 3.63) is 54.1 Å². The topological polar surface area (TPSA) is 45.5 Å². The smallest absolute Gasteiger partial charge is 0.120 e. The maximum atomic E-state index is 8.85. The van der Waals surface area contributed by atoms with Gasteiger partial charge in [0.05, 0.1) is 25.3 Å². The normalized spacial score (nSPS) is 9.76. The zero-order valence-electron chi connectivity index (χ0n) is 12.2. The summed E-state index contributed by atoms with van der Waals surface area (Å²) in [7, 11) is 3.66. The summed E-state index contributed by atoms with van der Waals surface area (Å²) in [6.45, 7) is 1.28. The third-order valence-electron chi connectivity index (χ3n) is 3.15. The number of nitrogens with zero attached hydrogens (tertiary/aromatic N) is 2. The number of nitriles is 1. The fourth-order valence-corrected chi connectivity index (χ4v) is 1.93. The number of ether oxygens (including phenoxy) is 2. The summed E-state index contributed by atoms with van der Waals surface area (Å²) in [6.07, 6.45) is 0. The Morgan fingerprint density at radius 1 is 1.10 bits per heavy atom. The summed E-state index contributed by atoms with van der Waals surface area (Å²) < 4.78 is 10.9. The molecule has 0 atom stereocenters. The number of likely N-dealkylation sites (N-methyl/N-ethyl adjacent to an activating group) is 1. The molecule has 0 N–H and O–H groups in total. The Bertz CT molecular complexity index is 635.